The van der Waals surface area contributed by atoms with Gasteiger partial charge in [0.25, 0.3) is 5.91 Å². The third-order valence-electron chi connectivity index (χ3n) is 3.86. The van der Waals surface area contributed by atoms with E-state index in [1.54, 1.807) is 7.05 Å². The summed E-state index contributed by atoms with van der Waals surface area (Å²) >= 11 is 0. The molecule has 1 rings (SSSR count). The van der Waals surface area contributed by atoms with Crippen LogP contribution in [-0.4, -0.2) is 31.0 Å². The Kier molecular flexibility index (Phi) is 12.3. The molecule has 0 radical (unpaired) electrons. The largest absolute Gasteiger partial charge is 0.356 e. The van der Waals surface area contributed by atoms with Crippen molar-refractivity contribution in [3.8, 4) is 0 Å². The van der Waals surface area contributed by atoms with Crippen LogP contribution in [0.4, 0.5) is 0 Å². The molecule has 0 aliphatic carbocycles. The van der Waals surface area contributed by atoms with Gasteiger partial charge in [0.2, 0.25) is 0 Å². The van der Waals surface area contributed by atoms with Gasteiger partial charge in [0.05, 0.1) is 0 Å². The average molecular weight is 488 g/mol. The lowest BCUT2D eigenvalue weighted by atomic mass is 10.1. The summed E-state index contributed by atoms with van der Waals surface area (Å²) in [5.74, 6) is 1.50. The number of aliphatic imine (C=N–C) groups is 1. The predicted molar refractivity (Wildman–Crippen MR) is 126 cm³/mol. The summed E-state index contributed by atoms with van der Waals surface area (Å²) in [6.07, 6.45) is 3.63. The summed E-state index contributed by atoms with van der Waals surface area (Å²) in [4.78, 5) is 16.5. The van der Waals surface area contributed by atoms with Gasteiger partial charge >= 0.3 is 0 Å². The number of guanidine groups is 1. The van der Waals surface area contributed by atoms with Gasteiger partial charge < -0.3 is 16.0 Å². The molecule has 0 saturated heterocycles. The second-order valence-electron chi connectivity index (χ2n) is 8.15. The number of hydrogen-bond acceptors (Lipinski definition) is 2. The molecule has 3 N–H and O–H groups in total. The van der Waals surface area contributed by atoms with E-state index >= 15 is 0 Å². The molecule has 27 heavy (non-hydrogen) atoms. The minimum absolute atomic E-state index is 0. The second-order valence-corrected chi connectivity index (χ2v) is 8.15. The molecule has 154 valence electrons. The molecular weight excluding hydrogens is 451 g/mol. The van der Waals surface area contributed by atoms with E-state index in [0.717, 1.165) is 30.4 Å². The number of halogens is 1. The Morgan fingerprint density at radius 2 is 1.85 bits per heavy atom. The summed E-state index contributed by atoms with van der Waals surface area (Å²) in [6.45, 7) is 12.0. The fourth-order valence-electron chi connectivity index (χ4n) is 2.53. The van der Waals surface area contributed by atoms with Gasteiger partial charge in [0.15, 0.2) is 5.96 Å². The summed E-state index contributed by atoms with van der Waals surface area (Å²) < 4.78 is 0. The highest BCUT2D eigenvalue weighted by atomic mass is 127. The van der Waals surface area contributed by atoms with E-state index < -0.39 is 0 Å². The van der Waals surface area contributed by atoms with Crippen LogP contribution in [0.5, 0.6) is 0 Å². The van der Waals surface area contributed by atoms with E-state index in [1.165, 1.54) is 12.8 Å². The molecule has 0 atom stereocenters. The van der Waals surface area contributed by atoms with Crippen LogP contribution in [0.2, 0.25) is 0 Å². The molecule has 0 aromatic heterocycles. The quantitative estimate of drug-likeness (QED) is 0.221. The summed E-state index contributed by atoms with van der Waals surface area (Å²) in [5.41, 5.74) is 1.48. The van der Waals surface area contributed by atoms with Crippen LogP contribution in [0.15, 0.2) is 29.3 Å². The van der Waals surface area contributed by atoms with Gasteiger partial charge in [-0.25, -0.2) is 0 Å². The minimum atomic E-state index is -0.243. The highest BCUT2D eigenvalue weighted by molar-refractivity contribution is 14.0. The Morgan fingerprint density at radius 1 is 1.15 bits per heavy atom. The van der Waals surface area contributed by atoms with E-state index in [2.05, 4.69) is 34.8 Å². The first kappa shape index (κ1) is 25.7. The number of benzene rings is 1. The van der Waals surface area contributed by atoms with Crippen molar-refractivity contribution in [3.05, 3.63) is 35.4 Å². The van der Waals surface area contributed by atoms with Crippen molar-refractivity contribution in [3.63, 3.8) is 0 Å². The van der Waals surface area contributed by atoms with Crippen molar-refractivity contribution in [2.75, 3.05) is 13.6 Å². The molecule has 6 heteroatoms. The SMILES string of the molecule is CN=C(NCCCCC(C)C)NCc1cccc(C(=O)NC(C)(C)C)c1.I. The number of unbranched alkanes of at least 4 members (excludes halogenated alkanes) is 1. The Morgan fingerprint density at radius 3 is 2.44 bits per heavy atom. The Labute approximate surface area is 182 Å². The molecule has 0 fully saturated rings. The Bertz CT molecular complexity index is 594. The highest BCUT2D eigenvalue weighted by Gasteiger charge is 2.15. The highest BCUT2D eigenvalue weighted by Crippen LogP contribution is 2.08. The third-order valence-corrected chi connectivity index (χ3v) is 3.86. The fraction of sp³-hybridized carbons (Fsp3) is 0.619. The van der Waals surface area contributed by atoms with E-state index in [4.69, 9.17) is 0 Å². The first-order valence-corrected chi connectivity index (χ1v) is 9.57. The molecule has 0 aliphatic heterocycles. The smallest absolute Gasteiger partial charge is 0.251 e. The lowest BCUT2D eigenvalue weighted by molar-refractivity contribution is 0.0919. The Hall–Kier alpha value is -1.31. The first-order valence-electron chi connectivity index (χ1n) is 9.57. The van der Waals surface area contributed by atoms with Gasteiger partial charge in [-0.2, -0.15) is 0 Å². The first-order chi connectivity index (χ1) is 12.2. The standard InChI is InChI=1S/C21H36N4O.HI/c1-16(2)10-7-8-13-23-20(22-6)24-15-17-11-9-12-18(14-17)19(26)25-21(3,4)5;/h9,11-12,14,16H,7-8,10,13,15H2,1-6H3,(H,25,26)(H2,22,23,24);1H. The van der Waals surface area contributed by atoms with Crippen molar-refractivity contribution < 1.29 is 4.79 Å². The van der Waals surface area contributed by atoms with Gasteiger partial charge in [0, 0.05) is 31.2 Å². The van der Waals surface area contributed by atoms with Crippen molar-refractivity contribution in [1.29, 1.82) is 0 Å². The molecule has 0 bridgehead atoms. The van der Waals surface area contributed by atoms with Crippen molar-refractivity contribution in [1.82, 2.24) is 16.0 Å². The van der Waals surface area contributed by atoms with Crippen molar-refractivity contribution in [2.45, 2.75) is 66.0 Å². The molecule has 0 spiro atoms. The predicted octanol–water partition coefficient (Wildman–Crippen LogP) is 4.32. The van der Waals surface area contributed by atoms with Crippen LogP contribution in [0, 0.1) is 5.92 Å². The molecular formula is C21H37IN4O. The van der Waals surface area contributed by atoms with E-state index in [0.29, 0.717) is 12.1 Å². The van der Waals surface area contributed by atoms with E-state index in [1.807, 2.05) is 45.0 Å². The van der Waals surface area contributed by atoms with Crippen LogP contribution in [0.3, 0.4) is 0 Å². The van der Waals surface area contributed by atoms with Gasteiger partial charge in [-0.1, -0.05) is 38.8 Å². The van der Waals surface area contributed by atoms with Gasteiger partial charge in [-0.05, 0) is 50.8 Å². The normalized spacial score (nSPS) is 11.7. The summed E-state index contributed by atoms with van der Waals surface area (Å²) in [5, 5.41) is 9.64. The number of carbonyl (C=O) groups excluding carboxylic acids is 1. The van der Waals surface area contributed by atoms with Crippen LogP contribution < -0.4 is 16.0 Å². The number of nitrogens with zero attached hydrogens (tertiary/aromatic N) is 1. The zero-order valence-corrected chi connectivity index (χ0v) is 20.0. The maximum atomic E-state index is 12.3. The monoisotopic (exact) mass is 488 g/mol. The van der Waals surface area contributed by atoms with E-state index in [9.17, 15) is 4.79 Å². The lowest BCUT2D eigenvalue weighted by Crippen LogP contribution is -2.40. The molecule has 1 aromatic rings. The molecule has 0 saturated carbocycles. The molecule has 5 nitrogen and oxygen atoms in total. The third kappa shape index (κ3) is 11.9. The minimum Gasteiger partial charge on any atom is -0.356 e. The molecule has 0 unspecified atom stereocenters. The van der Waals surface area contributed by atoms with Crippen molar-refractivity contribution in [2.24, 2.45) is 10.9 Å². The number of hydrogen-bond donors (Lipinski definition) is 3. The fourth-order valence-corrected chi connectivity index (χ4v) is 2.53. The average Bonchev–Trinajstić information content (AvgIpc) is 2.55. The number of carbonyl (C=O) groups is 1. The maximum absolute atomic E-state index is 12.3. The number of nitrogens with one attached hydrogen (secondary N) is 3. The van der Waals surface area contributed by atoms with Crippen LogP contribution in [0.25, 0.3) is 0 Å². The van der Waals surface area contributed by atoms with Gasteiger partial charge in [-0.15, -0.1) is 24.0 Å². The maximum Gasteiger partial charge on any atom is 0.251 e. The van der Waals surface area contributed by atoms with E-state index in [-0.39, 0.29) is 35.4 Å². The zero-order valence-electron chi connectivity index (χ0n) is 17.7. The van der Waals surface area contributed by atoms with Gasteiger partial charge in [0.1, 0.15) is 0 Å². The molecule has 0 heterocycles. The van der Waals surface area contributed by atoms with Crippen LogP contribution >= 0.6 is 24.0 Å². The second kappa shape index (κ2) is 13.0. The van der Waals surface area contributed by atoms with Gasteiger partial charge in [-0.3, -0.25) is 9.79 Å². The molecule has 1 aromatic carbocycles. The number of amides is 1. The summed E-state index contributed by atoms with van der Waals surface area (Å²) in [7, 11) is 1.77. The zero-order chi connectivity index (χ0) is 19.6. The topological polar surface area (TPSA) is 65.5 Å². The van der Waals surface area contributed by atoms with Crippen molar-refractivity contribution >= 4 is 35.8 Å². The summed E-state index contributed by atoms with van der Waals surface area (Å²) in [6, 6.07) is 7.68. The number of rotatable bonds is 8. The molecule has 0 aliphatic rings. The van der Waals surface area contributed by atoms with Crippen LogP contribution in [-0.2, 0) is 6.54 Å². The molecule has 1 amide bonds. The van der Waals surface area contributed by atoms with Crippen LogP contribution in [0.1, 0.15) is 69.8 Å². The Balaban J connectivity index is 0.00000676. The lowest BCUT2D eigenvalue weighted by Gasteiger charge is -2.20.